The zero-order valence-corrected chi connectivity index (χ0v) is 11.2. The first kappa shape index (κ1) is 14.1. The van der Waals surface area contributed by atoms with Gasteiger partial charge in [-0.05, 0) is 30.7 Å². The van der Waals surface area contributed by atoms with Gasteiger partial charge < -0.3 is 10.0 Å². The summed E-state index contributed by atoms with van der Waals surface area (Å²) in [6, 6.07) is 4.52. The lowest BCUT2D eigenvalue weighted by molar-refractivity contribution is -0.130. The summed E-state index contributed by atoms with van der Waals surface area (Å²) >= 11 is 3.24. The second-order valence-electron chi connectivity index (χ2n) is 3.61. The first-order chi connectivity index (χ1) is 8.08. The van der Waals surface area contributed by atoms with Crippen LogP contribution >= 0.6 is 15.9 Å². The molecular formula is C12H15BrFNO2. The summed E-state index contributed by atoms with van der Waals surface area (Å²) in [5, 5.41) is 8.81. The number of halogens is 2. The molecule has 94 valence electrons. The molecule has 3 nitrogen and oxygen atoms in total. The van der Waals surface area contributed by atoms with Crippen molar-refractivity contribution in [2.24, 2.45) is 0 Å². The standard InChI is InChI=1S/C12H15BrFNO2/c1-2-15(5-6-16)12(17)8-9-7-10(13)3-4-11(9)14/h3-4,7,16H,2,5-6,8H2,1H3. The number of rotatable bonds is 5. The lowest BCUT2D eigenvalue weighted by Gasteiger charge is -2.19. The molecule has 0 fully saturated rings. The van der Waals surface area contributed by atoms with Gasteiger partial charge in [0.25, 0.3) is 0 Å². The van der Waals surface area contributed by atoms with Gasteiger partial charge in [0.05, 0.1) is 13.0 Å². The molecule has 0 saturated carbocycles. The molecule has 5 heteroatoms. The molecule has 0 aliphatic carbocycles. The molecule has 1 aromatic carbocycles. The van der Waals surface area contributed by atoms with Crippen molar-refractivity contribution in [3.8, 4) is 0 Å². The maximum atomic E-state index is 13.4. The Labute approximate surface area is 108 Å². The highest BCUT2D eigenvalue weighted by Crippen LogP contribution is 2.16. The van der Waals surface area contributed by atoms with Crippen molar-refractivity contribution in [2.45, 2.75) is 13.3 Å². The summed E-state index contributed by atoms with van der Waals surface area (Å²) in [5.41, 5.74) is 0.362. The van der Waals surface area contributed by atoms with Crippen LogP contribution in [0.2, 0.25) is 0 Å². The van der Waals surface area contributed by atoms with Gasteiger partial charge in [0.15, 0.2) is 0 Å². The maximum absolute atomic E-state index is 13.4. The fourth-order valence-electron chi connectivity index (χ4n) is 1.53. The smallest absolute Gasteiger partial charge is 0.227 e. The number of likely N-dealkylation sites (N-methyl/N-ethyl adjacent to an activating group) is 1. The zero-order valence-electron chi connectivity index (χ0n) is 9.62. The summed E-state index contributed by atoms with van der Waals surface area (Å²) in [6.07, 6.45) is 0.0130. The van der Waals surface area contributed by atoms with Crippen LogP contribution in [0.3, 0.4) is 0 Å². The van der Waals surface area contributed by atoms with E-state index in [0.29, 0.717) is 12.1 Å². The van der Waals surface area contributed by atoms with E-state index >= 15 is 0 Å². The van der Waals surface area contributed by atoms with Crippen LogP contribution in [0.25, 0.3) is 0 Å². The minimum atomic E-state index is -0.387. The van der Waals surface area contributed by atoms with E-state index in [1.54, 1.807) is 12.1 Å². The van der Waals surface area contributed by atoms with E-state index in [0.717, 1.165) is 4.47 Å². The first-order valence-electron chi connectivity index (χ1n) is 5.41. The third kappa shape index (κ3) is 4.09. The van der Waals surface area contributed by atoms with Crippen LogP contribution in [0.5, 0.6) is 0 Å². The summed E-state index contributed by atoms with van der Waals surface area (Å²) in [7, 11) is 0. The summed E-state index contributed by atoms with van der Waals surface area (Å²) in [4.78, 5) is 13.3. The Bertz CT molecular complexity index is 398. The average Bonchev–Trinajstić information content (AvgIpc) is 2.30. The van der Waals surface area contributed by atoms with Crippen molar-refractivity contribution in [3.05, 3.63) is 34.1 Å². The Kier molecular flexibility index (Phi) is 5.58. The third-order valence-corrected chi connectivity index (χ3v) is 2.95. The van der Waals surface area contributed by atoms with Crippen LogP contribution < -0.4 is 0 Å². The van der Waals surface area contributed by atoms with Gasteiger partial charge in [-0.2, -0.15) is 0 Å². The van der Waals surface area contributed by atoms with E-state index in [2.05, 4.69) is 15.9 Å². The molecule has 0 atom stereocenters. The molecule has 0 heterocycles. The highest BCUT2D eigenvalue weighted by atomic mass is 79.9. The van der Waals surface area contributed by atoms with Crippen molar-refractivity contribution in [3.63, 3.8) is 0 Å². The Balaban J connectivity index is 2.76. The first-order valence-corrected chi connectivity index (χ1v) is 6.20. The minimum absolute atomic E-state index is 0.0130. The largest absolute Gasteiger partial charge is 0.395 e. The van der Waals surface area contributed by atoms with E-state index in [9.17, 15) is 9.18 Å². The SMILES string of the molecule is CCN(CCO)C(=O)Cc1cc(Br)ccc1F. The summed E-state index contributed by atoms with van der Waals surface area (Å²) in [6.45, 7) is 2.53. The van der Waals surface area contributed by atoms with Crippen molar-refractivity contribution in [1.82, 2.24) is 4.90 Å². The van der Waals surface area contributed by atoms with Gasteiger partial charge in [-0.15, -0.1) is 0 Å². The van der Waals surface area contributed by atoms with Crippen molar-refractivity contribution < 1.29 is 14.3 Å². The Hall–Kier alpha value is -0.940. The Morgan fingerprint density at radius 3 is 2.82 bits per heavy atom. The molecule has 0 radical (unpaired) electrons. The third-order valence-electron chi connectivity index (χ3n) is 2.45. The number of amides is 1. The van der Waals surface area contributed by atoms with Crippen LogP contribution in [-0.4, -0.2) is 35.6 Å². The molecule has 0 saturated heterocycles. The number of benzene rings is 1. The van der Waals surface area contributed by atoms with Crippen LogP contribution in [0.4, 0.5) is 4.39 Å². The molecule has 1 amide bonds. The molecule has 1 aromatic rings. The summed E-state index contributed by atoms with van der Waals surface area (Å²) < 4.78 is 14.2. The van der Waals surface area contributed by atoms with Crippen molar-refractivity contribution in [2.75, 3.05) is 19.7 Å². The molecule has 0 aliphatic rings. The number of carbonyl (C=O) groups excluding carboxylic acids is 1. The molecule has 17 heavy (non-hydrogen) atoms. The van der Waals surface area contributed by atoms with Crippen LogP contribution in [-0.2, 0) is 11.2 Å². The Morgan fingerprint density at radius 2 is 2.24 bits per heavy atom. The minimum Gasteiger partial charge on any atom is -0.395 e. The number of carbonyl (C=O) groups is 1. The lowest BCUT2D eigenvalue weighted by Crippen LogP contribution is -2.34. The number of aliphatic hydroxyl groups is 1. The van der Waals surface area contributed by atoms with Gasteiger partial charge in [0.1, 0.15) is 5.82 Å². The van der Waals surface area contributed by atoms with Gasteiger partial charge in [-0.25, -0.2) is 4.39 Å². The van der Waals surface area contributed by atoms with E-state index in [1.165, 1.54) is 11.0 Å². The highest BCUT2D eigenvalue weighted by Gasteiger charge is 2.14. The fourth-order valence-corrected chi connectivity index (χ4v) is 1.94. The molecule has 0 spiro atoms. The number of hydrogen-bond acceptors (Lipinski definition) is 2. The fraction of sp³-hybridized carbons (Fsp3) is 0.417. The van der Waals surface area contributed by atoms with E-state index in [1.807, 2.05) is 6.92 Å². The van der Waals surface area contributed by atoms with Crippen LogP contribution in [0.1, 0.15) is 12.5 Å². The second-order valence-corrected chi connectivity index (χ2v) is 4.53. The quantitative estimate of drug-likeness (QED) is 0.903. The van der Waals surface area contributed by atoms with Crippen LogP contribution in [0.15, 0.2) is 22.7 Å². The van der Waals surface area contributed by atoms with Crippen LogP contribution in [0, 0.1) is 5.82 Å². The molecule has 0 aliphatic heterocycles. The van der Waals surface area contributed by atoms with Gasteiger partial charge in [-0.3, -0.25) is 4.79 Å². The average molecular weight is 304 g/mol. The molecule has 1 rings (SSSR count). The van der Waals surface area contributed by atoms with Gasteiger partial charge in [0.2, 0.25) is 5.91 Å². The molecule has 1 N–H and O–H groups in total. The summed E-state index contributed by atoms with van der Waals surface area (Å²) in [5.74, 6) is -0.569. The van der Waals surface area contributed by atoms with E-state index < -0.39 is 0 Å². The van der Waals surface area contributed by atoms with E-state index in [4.69, 9.17) is 5.11 Å². The zero-order chi connectivity index (χ0) is 12.8. The van der Waals surface area contributed by atoms with Gasteiger partial charge >= 0.3 is 0 Å². The predicted molar refractivity (Wildman–Crippen MR) is 67.1 cm³/mol. The van der Waals surface area contributed by atoms with Crippen molar-refractivity contribution >= 4 is 21.8 Å². The van der Waals surface area contributed by atoms with Gasteiger partial charge in [0, 0.05) is 17.6 Å². The van der Waals surface area contributed by atoms with Gasteiger partial charge in [-0.1, -0.05) is 15.9 Å². The number of aliphatic hydroxyl groups excluding tert-OH is 1. The molecular weight excluding hydrogens is 289 g/mol. The topological polar surface area (TPSA) is 40.5 Å². The van der Waals surface area contributed by atoms with E-state index in [-0.39, 0.29) is 31.3 Å². The predicted octanol–water partition coefficient (Wildman–Crippen LogP) is 1.97. The highest BCUT2D eigenvalue weighted by molar-refractivity contribution is 9.10. The lowest BCUT2D eigenvalue weighted by atomic mass is 10.1. The molecule has 0 unspecified atom stereocenters. The number of nitrogens with zero attached hydrogens (tertiary/aromatic N) is 1. The molecule has 0 aromatic heterocycles. The normalized spacial score (nSPS) is 10.4. The van der Waals surface area contributed by atoms with Crippen molar-refractivity contribution in [1.29, 1.82) is 0 Å². The maximum Gasteiger partial charge on any atom is 0.227 e. The monoisotopic (exact) mass is 303 g/mol. The second kappa shape index (κ2) is 6.71. The number of hydrogen-bond donors (Lipinski definition) is 1. The Morgan fingerprint density at radius 1 is 1.53 bits per heavy atom. The molecule has 0 bridgehead atoms.